The summed E-state index contributed by atoms with van der Waals surface area (Å²) in [6.45, 7) is 7.05. The lowest BCUT2D eigenvalue weighted by molar-refractivity contribution is -0.120. The SMILES string of the molecule is C=C/C(O)=C1/CCC(=O)NC1=C. The van der Waals surface area contributed by atoms with Gasteiger partial charge in [0.25, 0.3) is 0 Å². The first-order valence-electron chi connectivity index (χ1n) is 3.69. The van der Waals surface area contributed by atoms with E-state index in [0.29, 0.717) is 24.1 Å². The molecule has 1 rings (SSSR count). The van der Waals surface area contributed by atoms with Gasteiger partial charge in [0.1, 0.15) is 5.76 Å². The van der Waals surface area contributed by atoms with Crippen LogP contribution in [0.5, 0.6) is 0 Å². The summed E-state index contributed by atoms with van der Waals surface area (Å²) >= 11 is 0. The molecule has 3 heteroatoms. The first kappa shape index (κ1) is 8.59. The van der Waals surface area contributed by atoms with Crippen molar-refractivity contribution in [1.82, 2.24) is 5.32 Å². The Morgan fingerprint density at radius 3 is 2.75 bits per heavy atom. The fourth-order valence-corrected chi connectivity index (χ4v) is 1.10. The molecule has 0 atom stereocenters. The van der Waals surface area contributed by atoms with Crippen molar-refractivity contribution in [2.75, 3.05) is 0 Å². The highest BCUT2D eigenvalue weighted by molar-refractivity contribution is 5.81. The van der Waals surface area contributed by atoms with Gasteiger partial charge in [0.15, 0.2) is 0 Å². The summed E-state index contributed by atoms with van der Waals surface area (Å²) in [5.74, 6) is 0.0422. The quantitative estimate of drug-likeness (QED) is 0.577. The van der Waals surface area contributed by atoms with Crippen molar-refractivity contribution >= 4 is 5.91 Å². The van der Waals surface area contributed by atoms with Gasteiger partial charge >= 0.3 is 0 Å². The zero-order valence-electron chi connectivity index (χ0n) is 6.76. The third kappa shape index (κ3) is 1.56. The Balaban J connectivity index is 2.88. The van der Waals surface area contributed by atoms with E-state index < -0.39 is 0 Å². The smallest absolute Gasteiger partial charge is 0.224 e. The largest absolute Gasteiger partial charge is 0.508 e. The summed E-state index contributed by atoms with van der Waals surface area (Å²) < 4.78 is 0. The first-order chi connectivity index (χ1) is 5.65. The second-order valence-electron chi connectivity index (χ2n) is 2.59. The van der Waals surface area contributed by atoms with Gasteiger partial charge in [0, 0.05) is 17.7 Å². The first-order valence-corrected chi connectivity index (χ1v) is 3.69. The number of carbonyl (C=O) groups excluding carboxylic acids is 1. The number of rotatable bonds is 1. The number of nitrogens with one attached hydrogen (secondary N) is 1. The standard InChI is InChI=1S/C9H11NO2/c1-3-8(11)7-4-5-9(12)10-6(7)2/h3,11H,1-2,4-5H2,(H,10,12)/b8-7+. The van der Waals surface area contributed by atoms with E-state index in [-0.39, 0.29) is 11.7 Å². The maximum atomic E-state index is 10.8. The number of aliphatic hydroxyl groups excluding tert-OH is 1. The van der Waals surface area contributed by atoms with Crippen LogP contribution in [-0.2, 0) is 4.79 Å². The average molecular weight is 165 g/mol. The van der Waals surface area contributed by atoms with Gasteiger partial charge in [-0.15, -0.1) is 0 Å². The number of aliphatic hydroxyl groups is 1. The number of hydrogen-bond donors (Lipinski definition) is 2. The summed E-state index contributed by atoms with van der Waals surface area (Å²) in [4.78, 5) is 10.8. The van der Waals surface area contributed by atoms with E-state index in [0.717, 1.165) is 0 Å². The van der Waals surface area contributed by atoms with Gasteiger partial charge < -0.3 is 10.4 Å². The lowest BCUT2D eigenvalue weighted by Gasteiger charge is -2.18. The molecule has 0 aromatic heterocycles. The number of allylic oxidation sites excluding steroid dienone is 2. The minimum absolute atomic E-state index is 0.0550. The van der Waals surface area contributed by atoms with Crippen molar-refractivity contribution in [3.63, 3.8) is 0 Å². The lowest BCUT2D eigenvalue weighted by Crippen LogP contribution is -2.28. The molecule has 1 aliphatic heterocycles. The number of amides is 1. The zero-order valence-corrected chi connectivity index (χ0v) is 6.76. The van der Waals surface area contributed by atoms with E-state index in [9.17, 15) is 9.90 Å². The van der Waals surface area contributed by atoms with Gasteiger partial charge in [0.05, 0.1) is 0 Å². The molecule has 1 heterocycles. The molecule has 0 unspecified atom stereocenters. The molecule has 0 bridgehead atoms. The van der Waals surface area contributed by atoms with E-state index in [1.807, 2.05) is 0 Å². The highest BCUT2D eigenvalue weighted by Crippen LogP contribution is 2.20. The maximum Gasteiger partial charge on any atom is 0.224 e. The molecule has 0 aromatic carbocycles. The van der Waals surface area contributed by atoms with Crippen LogP contribution in [0.2, 0.25) is 0 Å². The third-order valence-electron chi connectivity index (χ3n) is 1.76. The highest BCUT2D eigenvalue weighted by Gasteiger charge is 2.17. The van der Waals surface area contributed by atoms with Crippen LogP contribution in [0.1, 0.15) is 12.8 Å². The van der Waals surface area contributed by atoms with E-state index in [4.69, 9.17) is 0 Å². The van der Waals surface area contributed by atoms with Gasteiger partial charge in [-0.2, -0.15) is 0 Å². The van der Waals surface area contributed by atoms with Crippen LogP contribution in [0, 0.1) is 0 Å². The second-order valence-corrected chi connectivity index (χ2v) is 2.59. The normalized spacial score (nSPS) is 21.7. The summed E-state index contributed by atoms with van der Waals surface area (Å²) in [7, 11) is 0. The molecule has 1 fully saturated rings. The Labute approximate surface area is 71.1 Å². The monoisotopic (exact) mass is 165 g/mol. The molecule has 12 heavy (non-hydrogen) atoms. The second kappa shape index (κ2) is 3.26. The van der Waals surface area contributed by atoms with Crippen molar-refractivity contribution < 1.29 is 9.90 Å². The van der Waals surface area contributed by atoms with Crippen molar-refractivity contribution in [3.05, 3.63) is 36.3 Å². The molecule has 1 amide bonds. The summed E-state index contributed by atoms with van der Waals surface area (Å²) in [6.07, 6.45) is 2.27. The van der Waals surface area contributed by atoms with E-state index in [1.165, 1.54) is 6.08 Å². The van der Waals surface area contributed by atoms with Crippen molar-refractivity contribution in [1.29, 1.82) is 0 Å². The van der Waals surface area contributed by atoms with Gasteiger partial charge in [-0.3, -0.25) is 4.79 Å². The Bertz CT molecular complexity index is 276. The fourth-order valence-electron chi connectivity index (χ4n) is 1.10. The lowest BCUT2D eigenvalue weighted by atomic mass is 10.0. The molecule has 0 saturated carbocycles. The number of hydrogen-bond acceptors (Lipinski definition) is 2. The molecular weight excluding hydrogens is 154 g/mol. The number of piperidine rings is 1. The Hall–Kier alpha value is -1.51. The Morgan fingerprint density at radius 2 is 2.25 bits per heavy atom. The van der Waals surface area contributed by atoms with Crippen LogP contribution in [0.15, 0.2) is 36.3 Å². The van der Waals surface area contributed by atoms with Crippen LogP contribution < -0.4 is 5.32 Å². The molecule has 3 nitrogen and oxygen atoms in total. The summed E-state index contributed by atoms with van der Waals surface area (Å²) in [6, 6.07) is 0. The van der Waals surface area contributed by atoms with Crippen LogP contribution in [0.4, 0.5) is 0 Å². The molecule has 2 N–H and O–H groups in total. The summed E-state index contributed by atoms with van der Waals surface area (Å²) in [5.41, 5.74) is 1.15. The van der Waals surface area contributed by atoms with Gasteiger partial charge in [-0.1, -0.05) is 13.2 Å². The average Bonchev–Trinajstić information content (AvgIpc) is 2.03. The predicted octanol–water partition coefficient (Wildman–Crippen LogP) is 1.41. The molecule has 0 spiro atoms. The van der Waals surface area contributed by atoms with Crippen molar-refractivity contribution in [2.24, 2.45) is 0 Å². The molecule has 64 valence electrons. The van der Waals surface area contributed by atoms with Gasteiger partial charge in [-0.05, 0) is 12.5 Å². The van der Waals surface area contributed by atoms with Crippen molar-refractivity contribution in [2.45, 2.75) is 12.8 Å². The maximum absolute atomic E-state index is 10.8. The molecule has 1 saturated heterocycles. The van der Waals surface area contributed by atoms with Gasteiger partial charge in [-0.25, -0.2) is 0 Å². The Kier molecular flexibility index (Phi) is 2.33. The van der Waals surface area contributed by atoms with Gasteiger partial charge in [0.2, 0.25) is 5.91 Å². The van der Waals surface area contributed by atoms with E-state index in [2.05, 4.69) is 18.5 Å². The van der Waals surface area contributed by atoms with Crippen LogP contribution in [0.25, 0.3) is 0 Å². The molecule has 1 aliphatic rings. The Morgan fingerprint density at radius 1 is 1.58 bits per heavy atom. The van der Waals surface area contributed by atoms with E-state index in [1.54, 1.807) is 0 Å². The number of carbonyl (C=O) groups is 1. The van der Waals surface area contributed by atoms with E-state index >= 15 is 0 Å². The van der Waals surface area contributed by atoms with Crippen LogP contribution in [0.3, 0.4) is 0 Å². The van der Waals surface area contributed by atoms with Crippen molar-refractivity contribution in [3.8, 4) is 0 Å². The zero-order chi connectivity index (χ0) is 9.14. The fraction of sp³-hybridized carbons (Fsp3) is 0.222. The molecular formula is C9H11NO2. The molecule has 0 radical (unpaired) electrons. The van der Waals surface area contributed by atoms with Crippen LogP contribution in [-0.4, -0.2) is 11.0 Å². The summed E-state index contributed by atoms with van der Waals surface area (Å²) in [5, 5.41) is 11.8. The van der Waals surface area contributed by atoms with Crippen LogP contribution >= 0.6 is 0 Å². The third-order valence-corrected chi connectivity index (χ3v) is 1.76. The minimum Gasteiger partial charge on any atom is -0.508 e. The minimum atomic E-state index is -0.0550. The highest BCUT2D eigenvalue weighted by atomic mass is 16.3. The predicted molar refractivity (Wildman–Crippen MR) is 46.4 cm³/mol. The molecule has 0 aromatic rings. The topological polar surface area (TPSA) is 49.3 Å². The molecule has 0 aliphatic carbocycles.